The molecule has 1 aliphatic rings. The molecule has 2 aromatic heterocycles. The van der Waals surface area contributed by atoms with Crippen LogP contribution in [0.25, 0.3) is 4.96 Å². The van der Waals surface area contributed by atoms with Crippen molar-refractivity contribution in [3.8, 4) is 0 Å². The van der Waals surface area contributed by atoms with Gasteiger partial charge >= 0.3 is 0 Å². The van der Waals surface area contributed by atoms with Crippen LogP contribution < -0.4 is 4.90 Å². The highest BCUT2D eigenvalue weighted by Crippen LogP contribution is 2.33. The van der Waals surface area contributed by atoms with Gasteiger partial charge in [-0.25, -0.2) is 4.98 Å². The van der Waals surface area contributed by atoms with Gasteiger partial charge in [0.25, 0.3) is 0 Å². The molecule has 0 amide bonds. The van der Waals surface area contributed by atoms with Gasteiger partial charge in [0.15, 0.2) is 10.8 Å². The Bertz CT molecular complexity index is 613. The number of morpholine rings is 1. The summed E-state index contributed by atoms with van der Waals surface area (Å²) in [5.41, 5.74) is 0.395. The number of thiazole rings is 1. The molecule has 0 aliphatic carbocycles. The summed E-state index contributed by atoms with van der Waals surface area (Å²) < 4.78 is 8.07. The Morgan fingerprint density at radius 3 is 2.55 bits per heavy atom. The highest BCUT2D eigenvalue weighted by Gasteiger charge is 2.39. The quantitative estimate of drug-likeness (QED) is 0.923. The SMILES string of the molecule is CC1(C)CN(c2nc3sccn3c2CO)CC(C)(C)O1. The maximum Gasteiger partial charge on any atom is 0.195 e. The molecule has 3 heterocycles. The molecule has 20 heavy (non-hydrogen) atoms. The van der Waals surface area contributed by atoms with Gasteiger partial charge in [-0.1, -0.05) is 0 Å². The van der Waals surface area contributed by atoms with Crippen molar-refractivity contribution in [3.63, 3.8) is 0 Å². The Labute approximate surface area is 122 Å². The average molecular weight is 295 g/mol. The van der Waals surface area contributed by atoms with Crippen molar-refractivity contribution in [1.82, 2.24) is 9.38 Å². The van der Waals surface area contributed by atoms with Gasteiger partial charge in [-0.3, -0.25) is 4.40 Å². The van der Waals surface area contributed by atoms with Crippen molar-refractivity contribution >= 4 is 22.1 Å². The van der Waals surface area contributed by atoms with Gasteiger partial charge in [-0.05, 0) is 27.7 Å². The maximum absolute atomic E-state index is 9.70. The number of rotatable bonds is 2. The van der Waals surface area contributed by atoms with Crippen LogP contribution in [-0.4, -0.2) is 38.8 Å². The van der Waals surface area contributed by atoms with Crippen molar-refractivity contribution < 1.29 is 9.84 Å². The van der Waals surface area contributed by atoms with E-state index in [1.165, 1.54) is 0 Å². The molecule has 0 spiro atoms. The van der Waals surface area contributed by atoms with Crippen molar-refractivity contribution in [2.45, 2.75) is 45.5 Å². The monoisotopic (exact) mass is 295 g/mol. The largest absolute Gasteiger partial charge is 0.390 e. The van der Waals surface area contributed by atoms with E-state index < -0.39 is 0 Å². The van der Waals surface area contributed by atoms with E-state index in [0.29, 0.717) is 0 Å². The lowest BCUT2D eigenvalue weighted by molar-refractivity contribution is -0.133. The molecule has 0 atom stereocenters. The minimum atomic E-state index is -0.231. The number of ether oxygens (including phenoxy) is 1. The van der Waals surface area contributed by atoms with Crippen LogP contribution >= 0.6 is 11.3 Å². The van der Waals surface area contributed by atoms with Crippen LogP contribution in [0.2, 0.25) is 0 Å². The van der Waals surface area contributed by atoms with Crippen molar-refractivity contribution in [2.75, 3.05) is 18.0 Å². The first kappa shape index (κ1) is 13.9. The average Bonchev–Trinajstić information content (AvgIpc) is 2.82. The summed E-state index contributed by atoms with van der Waals surface area (Å²) in [4.78, 5) is 7.84. The third kappa shape index (κ3) is 2.32. The van der Waals surface area contributed by atoms with Crippen LogP contribution in [0.5, 0.6) is 0 Å². The van der Waals surface area contributed by atoms with Crippen LogP contribution in [-0.2, 0) is 11.3 Å². The van der Waals surface area contributed by atoms with Gasteiger partial charge < -0.3 is 14.7 Å². The molecule has 0 unspecified atom stereocenters. The lowest BCUT2D eigenvalue weighted by atomic mass is 9.99. The molecular weight excluding hydrogens is 274 g/mol. The van der Waals surface area contributed by atoms with Crippen LogP contribution in [0.15, 0.2) is 11.6 Å². The summed E-state index contributed by atoms with van der Waals surface area (Å²) in [6, 6.07) is 0. The maximum atomic E-state index is 9.70. The van der Waals surface area contributed by atoms with E-state index in [0.717, 1.165) is 29.6 Å². The van der Waals surface area contributed by atoms with E-state index in [1.54, 1.807) is 11.3 Å². The molecule has 5 nitrogen and oxygen atoms in total. The van der Waals surface area contributed by atoms with Crippen LogP contribution in [0.1, 0.15) is 33.4 Å². The Balaban J connectivity index is 2.03. The van der Waals surface area contributed by atoms with Gasteiger partial charge in [-0.15, -0.1) is 11.3 Å². The van der Waals surface area contributed by atoms with Gasteiger partial charge in [0.2, 0.25) is 0 Å². The Morgan fingerprint density at radius 2 is 1.95 bits per heavy atom. The van der Waals surface area contributed by atoms with Crippen molar-refractivity contribution in [3.05, 3.63) is 17.3 Å². The van der Waals surface area contributed by atoms with E-state index in [2.05, 4.69) is 32.6 Å². The van der Waals surface area contributed by atoms with Crippen LogP contribution in [0.4, 0.5) is 5.82 Å². The van der Waals surface area contributed by atoms with Crippen LogP contribution in [0, 0.1) is 0 Å². The van der Waals surface area contributed by atoms with Crippen LogP contribution in [0.3, 0.4) is 0 Å². The zero-order valence-corrected chi connectivity index (χ0v) is 13.2. The highest BCUT2D eigenvalue weighted by atomic mass is 32.1. The van der Waals surface area contributed by atoms with E-state index in [9.17, 15) is 5.11 Å². The third-order valence-electron chi connectivity index (χ3n) is 3.49. The third-order valence-corrected chi connectivity index (χ3v) is 4.24. The number of aliphatic hydroxyl groups is 1. The fraction of sp³-hybridized carbons (Fsp3) is 0.643. The van der Waals surface area contributed by atoms with E-state index in [4.69, 9.17) is 9.72 Å². The molecular formula is C14H21N3O2S. The van der Waals surface area contributed by atoms with Crippen molar-refractivity contribution in [2.24, 2.45) is 0 Å². The highest BCUT2D eigenvalue weighted by molar-refractivity contribution is 7.15. The lowest BCUT2D eigenvalue weighted by Crippen LogP contribution is -2.57. The standard InChI is InChI=1S/C14H21N3O2S/c1-13(2)8-16(9-14(3,4)19-13)11-10(7-18)17-5-6-20-12(17)15-11/h5-6,18H,7-9H2,1-4H3. The molecule has 2 aromatic rings. The fourth-order valence-corrected chi connectivity index (χ4v) is 3.89. The Kier molecular flexibility index (Phi) is 3.08. The number of aliphatic hydroxyl groups excluding tert-OH is 1. The molecule has 1 saturated heterocycles. The summed E-state index contributed by atoms with van der Waals surface area (Å²) in [6.45, 7) is 9.92. The van der Waals surface area contributed by atoms with Gasteiger partial charge in [0.1, 0.15) is 0 Å². The number of hydrogen-bond donors (Lipinski definition) is 1. The molecule has 1 aliphatic heterocycles. The summed E-state index contributed by atoms with van der Waals surface area (Å²) >= 11 is 1.58. The molecule has 3 rings (SSSR count). The van der Waals surface area contributed by atoms with E-state index >= 15 is 0 Å². The molecule has 1 fully saturated rings. The second-order valence-electron chi connectivity index (χ2n) is 6.57. The normalized spacial score (nSPS) is 21.6. The molecule has 0 radical (unpaired) electrons. The number of fused-ring (bicyclic) bond motifs is 1. The zero-order valence-electron chi connectivity index (χ0n) is 12.4. The summed E-state index contributed by atoms with van der Waals surface area (Å²) in [7, 11) is 0. The topological polar surface area (TPSA) is 50.0 Å². The Hall–Kier alpha value is -1.11. The predicted octanol–water partition coefficient (Wildman–Crippen LogP) is 2.28. The number of hydrogen-bond acceptors (Lipinski definition) is 5. The van der Waals surface area contributed by atoms with Gasteiger partial charge in [0, 0.05) is 24.7 Å². The lowest BCUT2D eigenvalue weighted by Gasteiger charge is -2.47. The minimum absolute atomic E-state index is 0.00848. The first-order chi connectivity index (χ1) is 9.31. The second-order valence-corrected chi connectivity index (χ2v) is 7.45. The second kappa shape index (κ2) is 4.44. The number of imidazole rings is 1. The summed E-state index contributed by atoms with van der Waals surface area (Å²) in [5.74, 6) is 0.879. The molecule has 6 heteroatoms. The van der Waals surface area contributed by atoms with E-state index in [-0.39, 0.29) is 17.8 Å². The number of aromatic nitrogens is 2. The summed E-state index contributed by atoms with van der Waals surface area (Å²) in [6.07, 6.45) is 1.96. The first-order valence-electron chi connectivity index (χ1n) is 6.82. The van der Waals surface area contributed by atoms with Gasteiger partial charge in [0.05, 0.1) is 23.5 Å². The molecule has 0 saturated carbocycles. The number of nitrogens with zero attached hydrogens (tertiary/aromatic N) is 3. The van der Waals surface area contributed by atoms with Gasteiger partial charge in [-0.2, -0.15) is 0 Å². The molecule has 0 bridgehead atoms. The molecule has 1 N–H and O–H groups in total. The van der Waals surface area contributed by atoms with Crippen molar-refractivity contribution in [1.29, 1.82) is 0 Å². The first-order valence-corrected chi connectivity index (χ1v) is 7.70. The minimum Gasteiger partial charge on any atom is -0.390 e. The number of anilines is 1. The predicted molar refractivity (Wildman–Crippen MR) is 80.4 cm³/mol. The smallest absolute Gasteiger partial charge is 0.195 e. The molecule has 0 aromatic carbocycles. The fourth-order valence-electron chi connectivity index (χ4n) is 3.16. The zero-order chi connectivity index (χ0) is 14.5. The summed E-state index contributed by atoms with van der Waals surface area (Å²) in [5, 5.41) is 11.7. The Morgan fingerprint density at radius 1 is 1.30 bits per heavy atom. The van der Waals surface area contributed by atoms with E-state index in [1.807, 2.05) is 16.0 Å². The molecule has 110 valence electrons.